The van der Waals surface area contributed by atoms with Gasteiger partial charge in [-0.3, -0.25) is 61.5 Å². The van der Waals surface area contributed by atoms with Crippen molar-refractivity contribution in [2.45, 2.75) is 166 Å². The highest BCUT2D eigenvalue weighted by Gasteiger charge is 2.26. The summed E-state index contributed by atoms with van der Waals surface area (Å²) in [5, 5.41) is 59.2. The number of aromatic hydroxyl groups is 5. The number of benzene rings is 5. The highest BCUT2D eigenvalue weighted by Crippen LogP contribution is 2.40. The molecule has 0 saturated carbocycles. The molecule has 0 aliphatic heterocycles. The Kier molecular flexibility index (Phi) is 34.9. The molecule has 7 N–H and O–H groups in total. The van der Waals surface area contributed by atoms with Gasteiger partial charge in [0.25, 0.3) is 27.8 Å². The highest BCUT2D eigenvalue weighted by molar-refractivity contribution is 6.42. The summed E-state index contributed by atoms with van der Waals surface area (Å²) in [6.07, 6.45) is 5.18. The first-order chi connectivity index (χ1) is 51.8. The van der Waals surface area contributed by atoms with Crippen LogP contribution in [0.3, 0.4) is 0 Å². The first-order valence-corrected chi connectivity index (χ1v) is 39.6. The third-order valence-electron chi connectivity index (χ3n) is 17.5. The van der Waals surface area contributed by atoms with Crippen molar-refractivity contribution in [3.63, 3.8) is 0 Å². The Morgan fingerprint density at radius 1 is 0.373 bits per heavy atom. The summed E-state index contributed by atoms with van der Waals surface area (Å²) < 4.78 is 7.71. The molecule has 0 amide bonds. The van der Waals surface area contributed by atoms with Gasteiger partial charge in [0, 0.05) is 32.2 Å². The minimum absolute atomic E-state index is 0.0709. The minimum Gasteiger partial charge on any atom is -0.504 e. The molecule has 10 rings (SSSR count). The summed E-state index contributed by atoms with van der Waals surface area (Å²) in [5.41, 5.74) is -0.640. The molecular weight excluding hydrogens is 1630 g/mol. The van der Waals surface area contributed by atoms with Gasteiger partial charge in [0.1, 0.15) is 56.7 Å². The van der Waals surface area contributed by atoms with E-state index in [9.17, 15) is 49.5 Å². The van der Waals surface area contributed by atoms with E-state index in [0.717, 1.165) is 71.4 Å². The smallest absolute Gasteiger partial charge is 0.263 e. The topological polar surface area (TPSA) is 309 Å². The Morgan fingerprint density at radius 2 is 0.664 bits per heavy atom. The number of nitrogens with one attached hydrogen (secondary N) is 2. The number of hydrogen-bond donors (Lipinski definition) is 7. The number of rotatable bonds is 24. The van der Waals surface area contributed by atoms with E-state index in [1.165, 1.54) is 39.5 Å². The van der Waals surface area contributed by atoms with E-state index < -0.39 is 0 Å². The molecular formula is C75H95Cl10N15O10. The standard InChI is InChI=1S/C18H25Cl2N3O2.2C15H19Cl2N3O2.C14H17Cl2N3O2.C13H15Cl2N3O2/c1-5-7-22(8-6-2)10-14-21-16-15(18(25)23(14)11(3)4)12(19)9-13(20)17(16)24;1-4-5-18-7-11-19-13-12(15(22)20(11)8(2)3)9(16)6-10(17)14(13)21;1-4-5-6-19(2)8-11-18-13-12(15(22)20(11)3)9(16)7-10(17)14(13)21;1-4-17-6-10-18-12-11(14(21)19(10)7(2)3)8(15)5-9(16)13(12)20;1-4-17(2)6-9-16-11-10(13(20)18(9)3)7(14)5-8(15)12(11)19/h9,11,24H,5-8,10H2,1-4H3;6,8,18,21H,4-5,7H2,1-3H3;7,21H,4-6,8H2,1-3H3;5,7,17,20H,4,6H2,1-3H3;5,19H,4,6H2,1-3H3. The number of halogens is 10. The zero-order chi connectivity index (χ0) is 82.4. The molecule has 10 aromatic rings. The first-order valence-electron chi connectivity index (χ1n) is 35.8. The van der Waals surface area contributed by atoms with Crippen molar-refractivity contribution in [3.8, 4) is 28.7 Å². The zero-order valence-corrected chi connectivity index (χ0v) is 71.9. The number of unbranched alkanes of at least 4 members (excludes halogenated alkanes) is 1. The molecule has 0 unspecified atom stereocenters. The molecule has 0 aliphatic carbocycles. The Hall–Kier alpha value is -6.50. The molecule has 0 saturated heterocycles. The van der Waals surface area contributed by atoms with Crippen LogP contribution >= 0.6 is 116 Å². The number of aromatic nitrogens is 10. The van der Waals surface area contributed by atoms with Crippen molar-refractivity contribution in [3.05, 3.63) is 161 Å². The maximum absolute atomic E-state index is 13.0. The average molecular weight is 1720 g/mol. The molecule has 0 radical (unpaired) electrons. The van der Waals surface area contributed by atoms with Gasteiger partial charge in [-0.25, -0.2) is 24.9 Å². The summed E-state index contributed by atoms with van der Waals surface area (Å²) in [4.78, 5) is 91.9. The van der Waals surface area contributed by atoms with Crippen LogP contribution in [0.2, 0.25) is 50.2 Å². The highest BCUT2D eigenvalue weighted by atomic mass is 35.5. The molecule has 5 heterocycles. The van der Waals surface area contributed by atoms with Crippen LogP contribution in [0.4, 0.5) is 0 Å². The van der Waals surface area contributed by atoms with Crippen LogP contribution in [0.25, 0.3) is 54.5 Å². The fraction of sp³-hybridized carbons (Fsp3) is 0.467. The van der Waals surface area contributed by atoms with E-state index in [4.69, 9.17) is 116 Å². The molecule has 5 aromatic carbocycles. The second-order valence-corrected chi connectivity index (χ2v) is 31.0. The van der Waals surface area contributed by atoms with Crippen LogP contribution in [0.15, 0.2) is 54.3 Å². The van der Waals surface area contributed by atoms with Gasteiger partial charge in [0.2, 0.25) is 0 Å². The maximum atomic E-state index is 13.0. The van der Waals surface area contributed by atoms with Gasteiger partial charge in [0.05, 0.1) is 110 Å². The summed E-state index contributed by atoms with van der Waals surface area (Å²) in [6, 6.07) is 6.60. The Balaban J connectivity index is 0.000000215. The van der Waals surface area contributed by atoms with E-state index in [0.29, 0.717) is 61.8 Å². The van der Waals surface area contributed by atoms with Gasteiger partial charge in [-0.1, -0.05) is 164 Å². The second-order valence-electron chi connectivity index (χ2n) is 26.9. The van der Waals surface area contributed by atoms with E-state index in [1.54, 1.807) is 27.8 Å². The van der Waals surface area contributed by atoms with Crippen molar-refractivity contribution < 1.29 is 25.5 Å². The lowest BCUT2D eigenvalue weighted by atomic mass is 10.2. The fourth-order valence-electron chi connectivity index (χ4n) is 11.8. The van der Waals surface area contributed by atoms with Crippen LogP contribution < -0.4 is 38.4 Å². The molecule has 25 nitrogen and oxygen atoms in total. The lowest BCUT2D eigenvalue weighted by Gasteiger charge is -2.24. The zero-order valence-electron chi connectivity index (χ0n) is 64.3. The van der Waals surface area contributed by atoms with Crippen LogP contribution in [0.5, 0.6) is 28.7 Å². The van der Waals surface area contributed by atoms with Crippen LogP contribution in [0, 0.1) is 0 Å². The second kappa shape index (κ2) is 41.5. The van der Waals surface area contributed by atoms with E-state index in [-0.39, 0.29) is 179 Å². The number of nitrogens with zero attached hydrogens (tertiary/aromatic N) is 13. The lowest BCUT2D eigenvalue weighted by molar-refractivity contribution is 0.252. The first kappa shape index (κ1) is 92.4. The number of fused-ring (bicyclic) bond motifs is 5. The monoisotopic (exact) mass is 1720 g/mol. The van der Waals surface area contributed by atoms with E-state index >= 15 is 0 Å². The van der Waals surface area contributed by atoms with Crippen molar-refractivity contribution in [1.29, 1.82) is 0 Å². The summed E-state index contributed by atoms with van der Waals surface area (Å²) in [5.74, 6) is 1.74. The third kappa shape index (κ3) is 21.5. The molecule has 600 valence electrons. The van der Waals surface area contributed by atoms with E-state index in [1.807, 2.05) is 74.4 Å². The van der Waals surface area contributed by atoms with Crippen molar-refractivity contribution in [1.82, 2.24) is 73.1 Å². The summed E-state index contributed by atoms with van der Waals surface area (Å²) >= 11 is 60.2. The Labute approximate surface area is 687 Å². The van der Waals surface area contributed by atoms with Gasteiger partial charge in [0.15, 0.2) is 28.7 Å². The van der Waals surface area contributed by atoms with Gasteiger partial charge < -0.3 is 36.2 Å². The SMILES string of the molecule is CCCCN(C)Cc1nc2c(O)c(Cl)cc(Cl)c2c(=O)n1C.CCCN(CCC)Cc1nc2c(O)c(Cl)cc(Cl)c2c(=O)n1C(C)C.CCCNCc1nc2c(O)c(Cl)cc(Cl)c2c(=O)n1C(C)C.CCN(C)Cc1nc2c(O)c(Cl)cc(Cl)c2c(=O)n1C.CCNCc1nc2c(O)c(Cl)cc(Cl)c2c(=O)n1C(C)C. The Bertz CT molecular complexity index is 5300. The van der Waals surface area contributed by atoms with Gasteiger partial charge in [-0.15, -0.1) is 0 Å². The third-order valence-corrected chi connectivity index (χ3v) is 20.5. The largest absolute Gasteiger partial charge is 0.504 e. The minimum atomic E-state index is -0.300. The normalized spacial score (nSPS) is 11.6. The quantitative estimate of drug-likeness (QED) is 0.0276. The van der Waals surface area contributed by atoms with Crippen molar-refractivity contribution in [2.24, 2.45) is 14.1 Å². The van der Waals surface area contributed by atoms with Gasteiger partial charge in [-0.05, 0) is 151 Å². The summed E-state index contributed by atoms with van der Waals surface area (Å²) in [7, 11) is 7.17. The molecule has 0 atom stereocenters. The number of phenolic OH excluding ortho intramolecular Hbond substituents is 5. The van der Waals surface area contributed by atoms with Gasteiger partial charge >= 0.3 is 0 Å². The average Bonchev–Trinajstić information content (AvgIpc) is 0.788. The predicted octanol–water partition coefficient (Wildman–Crippen LogP) is 16.8. The van der Waals surface area contributed by atoms with Crippen molar-refractivity contribution in [2.75, 3.05) is 53.4 Å². The molecule has 110 heavy (non-hydrogen) atoms. The number of hydrogen-bond acceptors (Lipinski definition) is 20. The molecule has 0 spiro atoms. The number of phenols is 5. The summed E-state index contributed by atoms with van der Waals surface area (Å²) in [6.45, 7) is 31.4. The van der Waals surface area contributed by atoms with Gasteiger partial charge in [-0.2, -0.15) is 0 Å². The molecule has 0 bridgehead atoms. The van der Waals surface area contributed by atoms with Crippen LogP contribution in [-0.4, -0.2) is 141 Å². The Morgan fingerprint density at radius 3 is 0.955 bits per heavy atom. The lowest BCUT2D eigenvalue weighted by Crippen LogP contribution is -2.33. The van der Waals surface area contributed by atoms with E-state index in [2.05, 4.69) is 73.0 Å². The maximum Gasteiger partial charge on any atom is 0.263 e. The molecule has 5 aromatic heterocycles. The van der Waals surface area contributed by atoms with Crippen LogP contribution in [0.1, 0.15) is 162 Å². The van der Waals surface area contributed by atoms with Crippen molar-refractivity contribution >= 4 is 171 Å². The molecule has 35 heteroatoms. The fourth-order valence-corrected chi connectivity index (χ4v) is 14.5. The predicted molar refractivity (Wildman–Crippen MR) is 450 cm³/mol. The molecule has 0 aliphatic rings. The molecule has 0 fully saturated rings. The van der Waals surface area contributed by atoms with Crippen LogP contribution in [-0.2, 0) is 46.8 Å².